The maximum absolute atomic E-state index is 12.6. The van der Waals surface area contributed by atoms with Gasteiger partial charge in [0.25, 0.3) is 5.91 Å². The van der Waals surface area contributed by atoms with Gasteiger partial charge in [-0.25, -0.2) is 4.99 Å². The number of aryl methyl sites for hydroxylation is 1. The number of benzene rings is 2. The molecular formula is C22H22N4O2. The second kappa shape index (κ2) is 9.32. The number of aromatic nitrogens is 1. The van der Waals surface area contributed by atoms with Crippen LogP contribution in [0.4, 0.5) is 5.69 Å². The summed E-state index contributed by atoms with van der Waals surface area (Å²) in [4.78, 5) is 21.4. The number of methoxy groups -OCH3 is 1. The predicted octanol–water partition coefficient (Wildman–Crippen LogP) is 3.80. The van der Waals surface area contributed by atoms with E-state index in [9.17, 15) is 4.79 Å². The molecule has 1 amide bonds. The van der Waals surface area contributed by atoms with E-state index in [4.69, 9.17) is 4.74 Å². The van der Waals surface area contributed by atoms with E-state index in [-0.39, 0.29) is 5.91 Å². The van der Waals surface area contributed by atoms with Crippen LogP contribution in [0.2, 0.25) is 0 Å². The van der Waals surface area contributed by atoms with Crippen molar-refractivity contribution in [1.29, 1.82) is 0 Å². The summed E-state index contributed by atoms with van der Waals surface area (Å²) in [6.07, 6.45) is 1.71. The van der Waals surface area contributed by atoms with Crippen LogP contribution in [-0.4, -0.2) is 24.0 Å². The van der Waals surface area contributed by atoms with E-state index in [1.807, 2.05) is 61.5 Å². The lowest BCUT2D eigenvalue weighted by Gasteiger charge is -2.15. The van der Waals surface area contributed by atoms with E-state index in [0.29, 0.717) is 23.8 Å². The third-order valence-electron chi connectivity index (χ3n) is 4.00. The summed E-state index contributed by atoms with van der Waals surface area (Å²) < 4.78 is 5.41. The van der Waals surface area contributed by atoms with Crippen LogP contribution in [0, 0.1) is 6.92 Å². The SMILES string of the molecule is COc1ccc(C)cc1NC(=NCc1ccccn1)NC(=O)c1ccccc1. The number of guanidine groups is 1. The minimum atomic E-state index is -0.250. The van der Waals surface area contributed by atoms with Crippen LogP contribution in [0.1, 0.15) is 21.6 Å². The molecule has 0 spiro atoms. The smallest absolute Gasteiger partial charge is 0.257 e. The van der Waals surface area contributed by atoms with Gasteiger partial charge < -0.3 is 10.1 Å². The molecule has 1 heterocycles. The molecule has 0 aliphatic carbocycles. The number of nitrogens with one attached hydrogen (secondary N) is 2. The topological polar surface area (TPSA) is 75.6 Å². The van der Waals surface area contributed by atoms with Gasteiger partial charge in [0.1, 0.15) is 5.75 Å². The normalized spacial score (nSPS) is 11.0. The Morgan fingerprint density at radius 3 is 2.57 bits per heavy atom. The van der Waals surface area contributed by atoms with E-state index in [2.05, 4.69) is 20.6 Å². The molecular weight excluding hydrogens is 352 g/mol. The van der Waals surface area contributed by atoms with E-state index in [1.165, 1.54) is 0 Å². The van der Waals surface area contributed by atoms with Gasteiger partial charge in [0.15, 0.2) is 0 Å². The van der Waals surface area contributed by atoms with E-state index < -0.39 is 0 Å². The number of hydrogen-bond acceptors (Lipinski definition) is 4. The zero-order valence-corrected chi connectivity index (χ0v) is 15.8. The van der Waals surface area contributed by atoms with Crippen molar-refractivity contribution in [1.82, 2.24) is 10.3 Å². The second-order valence-corrected chi connectivity index (χ2v) is 6.13. The number of ether oxygens (including phenoxy) is 1. The standard InChI is InChI=1S/C22H22N4O2/c1-16-11-12-20(28-2)19(14-16)25-22(24-15-18-10-6-7-13-23-18)26-21(27)17-8-4-3-5-9-17/h3-14H,15H2,1-2H3,(H2,24,25,26,27). The summed E-state index contributed by atoms with van der Waals surface area (Å²) in [5, 5.41) is 6.01. The van der Waals surface area contributed by atoms with E-state index in [1.54, 1.807) is 25.4 Å². The molecule has 3 aromatic rings. The fraction of sp³-hybridized carbons (Fsp3) is 0.136. The van der Waals surface area contributed by atoms with Crippen molar-refractivity contribution in [3.05, 3.63) is 89.7 Å². The van der Waals surface area contributed by atoms with Crippen LogP contribution in [0.25, 0.3) is 0 Å². The number of aliphatic imine (C=N–C) groups is 1. The maximum atomic E-state index is 12.6. The van der Waals surface area contributed by atoms with Gasteiger partial charge in [0.05, 0.1) is 25.0 Å². The first kappa shape index (κ1) is 19.1. The number of pyridine rings is 1. The second-order valence-electron chi connectivity index (χ2n) is 6.13. The van der Waals surface area contributed by atoms with Crippen molar-refractivity contribution in [2.24, 2.45) is 4.99 Å². The number of carbonyl (C=O) groups is 1. The van der Waals surface area contributed by atoms with Gasteiger partial charge >= 0.3 is 0 Å². The third-order valence-corrected chi connectivity index (χ3v) is 4.00. The number of rotatable bonds is 5. The lowest BCUT2D eigenvalue weighted by Crippen LogP contribution is -2.36. The molecule has 1 aromatic heterocycles. The van der Waals surface area contributed by atoms with Gasteiger partial charge in [-0.15, -0.1) is 0 Å². The molecule has 0 atom stereocenters. The molecule has 6 nitrogen and oxygen atoms in total. The molecule has 0 unspecified atom stereocenters. The molecule has 3 rings (SSSR count). The lowest BCUT2D eigenvalue weighted by atomic mass is 10.2. The van der Waals surface area contributed by atoms with Crippen molar-refractivity contribution in [3.8, 4) is 5.75 Å². The van der Waals surface area contributed by atoms with Crippen molar-refractivity contribution in [3.63, 3.8) is 0 Å². The first-order valence-corrected chi connectivity index (χ1v) is 8.88. The Bertz CT molecular complexity index is 957. The highest BCUT2D eigenvalue weighted by atomic mass is 16.5. The Balaban J connectivity index is 1.86. The number of hydrogen-bond donors (Lipinski definition) is 2. The molecule has 0 radical (unpaired) electrons. The van der Waals surface area contributed by atoms with E-state index in [0.717, 1.165) is 16.9 Å². The van der Waals surface area contributed by atoms with Gasteiger partial charge in [0, 0.05) is 11.8 Å². The number of anilines is 1. The molecule has 0 aliphatic rings. The van der Waals surface area contributed by atoms with Gasteiger partial charge in [0.2, 0.25) is 5.96 Å². The Morgan fingerprint density at radius 2 is 1.86 bits per heavy atom. The van der Waals surface area contributed by atoms with Crippen molar-refractivity contribution >= 4 is 17.6 Å². The molecule has 0 saturated heterocycles. The molecule has 2 aromatic carbocycles. The van der Waals surface area contributed by atoms with E-state index >= 15 is 0 Å². The molecule has 0 saturated carbocycles. The minimum Gasteiger partial charge on any atom is -0.495 e. The minimum absolute atomic E-state index is 0.250. The average molecular weight is 374 g/mol. The largest absolute Gasteiger partial charge is 0.495 e. The number of amides is 1. The van der Waals surface area contributed by atoms with Crippen LogP contribution < -0.4 is 15.4 Å². The Morgan fingerprint density at radius 1 is 1.07 bits per heavy atom. The summed E-state index contributed by atoms with van der Waals surface area (Å²) in [6.45, 7) is 2.31. The summed E-state index contributed by atoms with van der Waals surface area (Å²) in [7, 11) is 1.60. The van der Waals surface area contributed by atoms with Crippen LogP contribution in [0.3, 0.4) is 0 Å². The fourth-order valence-electron chi connectivity index (χ4n) is 2.58. The fourth-order valence-corrected chi connectivity index (χ4v) is 2.58. The quantitative estimate of drug-likeness (QED) is 0.526. The molecule has 28 heavy (non-hydrogen) atoms. The Hall–Kier alpha value is -3.67. The first-order valence-electron chi connectivity index (χ1n) is 8.88. The predicted molar refractivity (Wildman–Crippen MR) is 111 cm³/mol. The summed E-state index contributed by atoms with van der Waals surface area (Å²) in [5.41, 5.74) is 3.12. The van der Waals surface area contributed by atoms with Crippen LogP contribution in [-0.2, 0) is 6.54 Å². The maximum Gasteiger partial charge on any atom is 0.257 e. The highest BCUT2D eigenvalue weighted by molar-refractivity contribution is 6.10. The number of nitrogens with zero attached hydrogens (tertiary/aromatic N) is 2. The molecule has 2 N–H and O–H groups in total. The van der Waals surface area contributed by atoms with Crippen molar-refractivity contribution in [2.45, 2.75) is 13.5 Å². The highest BCUT2D eigenvalue weighted by Crippen LogP contribution is 2.25. The third kappa shape index (κ3) is 5.17. The van der Waals surface area contributed by atoms with Crippen molar-refractivity contribution < 1.29 is 9.53 Å². The van der Waals surface area contributed by atoms with Gasteiger partial charge in [-0.3, -0.25) is 15.1 Å². The van der Waals surface area contributed by atoms with Crippen LogP contribution in [0.5, 0.6) is 5.75 Å². The van der Waals surface area contributed by atoms with Crippen LogP contribution in [0.15, 0.2) is 77.9 Å². The summed E-state index contributed by atoms with van der Waals surface area (Å²) in [5.74, 6) is 0.730. The lowest BCUT2D eigenvalue weighted by molar-refractivity contribution is 0.0977. The number of carbonyl (C=O) groups excluding carboxylic acids is 1. The van der Waals surface area contributed by atoms with Gasteiger partial charge in [-0.05, 0) is 48.9 Å². The summed E-state index contributed by atoms with van der Waals surface area (Å²) >= 11 is 0. The van der Waals surface area contributed by atoms with Crippen LogP contribution >= 0.6 is 0 Å². The Kier molecular flexibility index (Phi) is 6.36. The molecule has 142 valence electrons. The molecule has 0 aliphatic heterocycles. The average Bonchev–Trinajstić information content (AvgIpc) is 2.73. The monoisotopic (exact) mass is 374 g/mol. The first-order chi connectivity index (χ1) is 13.7. The zero-order chi connectivity index (χ0) is 19.8. The molecule has 0 bridgehead atoms. The zero-order valence-electron chi connectivity index (χ0n) is 15.8. The Labute approximate surface area is 164 Å². The van der Waals surface area contributed by atoms with Crippen molar-refractivity contribution in [2.75, 3.05) is 12.4 Å². The van der Waals surface area contributed by atoms with Gasteiger partial charge in [-0.1, -0.05) is 30.3 Å². The summed E-state index contributed by atoms with van der Waals surface area (Å²) in [6, 6.07) is 20.4. The highest BCUT2D eigenvalue weighted by Gasteiger charge is 2.11. The molecule has 6 heteroatoms. The molecule has 0 fully saturated rings. The van der Waals surface area contributed by atoms with Gasteiger partial charge in [-0.2, -0.15) is 0 Å².